The van der Waals surface area contributed by atoms with Gasteiger partial charge in [-0.2, -0.15) is 5.26 Å². The first-order valence-corrected chi connectivity index (χ1v) is 9.81. The van der Waals surface area contributed by atoms with Crippen molar-refractivity contribution in [1.29, 1.82) is 5.26 Å². The third-order valence-corrected chi connectivity index (χ3v) is 5.56. The highest BCUT2D eigenvalue weighted by Crippen LogP contribution is 2.44. The lowest BCUT2D eigenvalue weighted by Crippen LogP contribution is -2.37. The molecule has 0 bridgehead atoms. The first kappa shape index (κ1) is 21.6. The number of benzene rings is 1. The van der Waals surface area contributed by atoms with E-state index in [2.05, 4.69) is 19.9 Å². The summed E-state index contributed by atoms with van der Waals surface area (Å²) in [6.45, 7) is 6.53. The van der Waals surface area contributed by atoms with Gasteiger partial charge in [-0.05, 0) is 31.0 Å². The number of carbonyl (C=O) groups is 1. The van der Waals surface area contributed by atoms with Gasteiger partial charge in [0.15, 0.2) is 5.43 Å². The van der Waals surface area contributed by atoms with Gasteiger partial charge in [-0.1, -0.05) is 13.8 Å². The Morgan fingerprint density at radius 1 is 1.30 bits per heavy atom. The van der Waals surface area contributed by atoms with E-state index in [1.165, 1.54) is 13.2 Å². The Morgan fingerprint density at radius 3 is 2.63 bits per heavy atom. The van der Waals surface area contributed by atoms with Gasteiger partial charge in [-0.25, -0.2) is 4.79 Å². The lowest BCUT2D eigenvalue weighted by atomic mass is 9.77. The van der Waals surface area contributed by atoms with Gasteiger partial charge < -0.3 is 18.8 Å². The molecule has 0 radical (unpaired) electrons. The van der Waals surface area contributed by atoms with E-state index in [0.29, 0.717) is 30.0 Å². The Bertz CT molecular complexity index is 1080. The van der Waals surface area contributed by atoms with E-state index in [9.17, 15) is 14.9 Å². The van der Waals surface area contributed by atoms with E-state index < -0.39 is 11.4 Å². The van der Waals surface area contributed by atoms with Crippen LogP contribution in [0.15, 0.2) is 29.2 Å². The number of methoxy groups -OCH3 is 2. The van der Waals surface area contributed by atoms with Gasteiger partial charge in [0.1, 0.15) is 17.4 Å². The molecule has 7 heteroatoms. The number of hydrogen-bond acceptors (Lipinski definition) is 6. The van der Waals surface area contributed by atoms with Crippen LogP contribution in [0, 0.1) is 16.7 Å². The molecule has 0 N–H and O–H groups in total. The van der Waals surface area contributed by atoms with Crippen LogP contribution in [-0.2, 0) is 15.9 Å². The highest BCUT2D eigenvalue weighted by Gasteiger charge is 2.37. The fourth-order valence-corrected chi connectivity index (χ4v) is 4.10. The molecule has 158 valence electrons. The number of nitriles is 1. The molecule has 0 saturated heterocycles. The van der Waals surface area contributed by atoms with Gasteiger partial charge >= 0.3 is 5.97 Å². The molecule has 0 amide bonds. The summed E-state index contributed by atoms with van der Waals surface area (Å²) in [5.41, 5.74) is 2.16. The monoisotopic (exact) mass is 410 g/mol. The van der Waals surface area contributed by atoms with E-state index in [-0.39, 0.29) is 23.6 Å². The Kier molecular flexibility index (Phi) is 5.99. The van der Waals surface area contributed by atoms with Crippen LogP contribution >= 0.6 is 0 Å². The molecule has 7 nitrogen and oxygen atoms in total. The Hall–Kier alpha value is -3.11. The minimum absolute atomic E-state index is 0.00266. The number of nitrogens with zero attached hydrogens (tertiary/aromatic N) is 2. The van der Waals surface area contributed by atoms with Gasteiger partial charge in [-0.3, -0.25) is 4.79 Å². The van der Waals surface area contributed by atoms with Crippen molar-refractivity contribution in [1.82, 2.24) is 4.57 Å². The highest BCUT2D eigenvalue weighted by atomic mass is 16.5. The summed E-state index contributed by atoms with van der Waals surface area (Å²) in [7, 11) is 3.15. The quantitative estimate of drug-likeness (QED) is 0.679. The zero-order valence-electron chi connectivity index (χ0n) is 17.9. The minimum Gasteiger partial charge on any atom is -0.495 e. The normalized spacial score (nSPS) is 15.0. The predicted octanol–water partition coefficient (Wildman–Crippen LogP) is 3.34. The van der Waals surface area contributed by atoms with Crippen LogP contribution in [0.25, 0.3) is 11.3 Å². The lowest BCUT2D eigenvalue weighted by molar-refractivity contribution is 0.0516. The fraction of sp³-hybridized carbons (Fsp3) is 0.435. The second-order valence-electron chi connectivity index (χ2n) is 8.03. The topological polar surface area (TPSA) is 90.5 Å². The van der Waals surface area contributed by atoms with Crippen LogP contribution in [0.2, 0.25) is 0 Å². The third-order valence-electron chi connectivity index (χ3n) is 5.56. The summed E-state index contributed by atoms with van der Waals surface area (Å²) < 4.78 is 17.8. The van der Waals surface area contributed by atoms with E-state index in [0.717, 1.165) is 11.1 Å². The smallest absolute Gasteiger partial charge is 0.343 e. The van der Waals surface area contributed by atoms with Crippen molar-refractivity contribution in [3.8, 4) is 23.1 Å². The second-order valence-corrected chi connectivity index (χ2v) is 8.03. The third kappa shape index (κ3) is 3.71. The van der Waals surface area contributed by atoms with Crippen LogP contribution in [0.4, 0.5) is 0 Å². The molecule has 3 rings (SSSR count). The van der Waals surface area contributed by atoms with E-state index in [1.54, 1.807) is 26.3 Å². The average molecular weight is 410 g/mol. The number of pyridine rings is 1. The number of hydrogen-bond donors (Lipinski definition) is 0. The van der Waals surface area contributed by atoms with Crippen LogP contribution in [0.1, 0.15) is 48.3 Å². The molecule has 0 aliphatic carbocycles. The molecular weight excluding hydrogens is 384 g/mol. The first-order chi connectivity index (χ1) is 14.3. The van der Waals surface area contributed by atoms with E-state index in [4.69, 9.17) is 14.2 Å². The molecule has 1 unspecified atom stereocenters. The summed E-state index contributed by atoms with van der Waals surface area (Å²) >= 11 is 0. The summed E-state index contributed by atoms with van der Waals surface area (Å²) in [4.78, 5) is 25.1. The highest BCUT2D eigenvalue weighted by molar-refractivity contribution is 5.89. The molecule has 1 aliphatic heterocycles. The van der Waals surface area contributed by atoms with E-state index in [1.807, 2.05) is 10.6 Å². The Balaban J connectivity index is 2.29. The maximum absolute atomic E-state index is 12.8. The molecule has 2 aromatic rings. The summed E-state index contributed by atoms with van der Waals surface area (Å²) in [5.74, 6) is -0.191. The van der Waals surface area contributed by atoms with Gasteiger partial charge in [-0.15, -0.1) is 0 Å². The second kappa shape index (κ2) is 8.33. The first-order valence-electron chi connectivity index (χ1n) is 9.81. The zero-order valence-corrected chi connectivity index (χ0v) is 17.9. The number of fused-ring (bicyclic) bond motifs is 3. The predicted molar refractivity (Wildman–Crippen MR) is 112 cm³/mol. The average Bonchev–Trinajstić information content (AvgIpc) is 2.71. The molecule has 0 spiro atoms. The summed E-state index contributed by atoms with van der Waals surface area (Å²) in [6.07, 6.45) is 2.20. The van der Waals surface area contributed by atoms with Crippen molar-refractivity contribution in [3.63, 3.8) is 0 Å². The van der Waals surface area contributed by atoms with E-state index >= 15 is 0 Å². The Morgan fingerprint density at radius 2 is 2.03 bits per heavy atom. The molecule has 1 aromatic heterocycles. The van der Waals surface area contributed by atoms with Crippen molar-refractivity contribution < 1.29 is 19.0 Å². The summed E-state index contributed by atoms with van der Waals surface area (Å²) in [6, 6.07) is 7.13. The SMILES string of the molecule is CCOC(=O)c1cn2c(cc1=O)-c1cc(OC)c(C#N)cc1CC2C(C)(C)COC. The molecular formula is C23H26N2O5. The van der Waals surface area contributed by atoms with Gasteiger partial charge in [0.25, 0.3) is 0 Å². The molecule has 1 aliphatic rings. The molecule has 0 saturated carbocycles. The van der Waals surface area contributed by atoms with Gasteiger partial charge in [0, 0.05) is 36.4 Å². The number of carbonyl (C=O) groups excluding carboxylic acids is 1. The number of rotatable bonds is 6. The number of esters is 1. The summed E-state index contributed by atoms with van der Waals surface area (Å²) in [5, 5.41) is 9.49. The van der Waals surface area contributed by atoms with Crippen LogP contribution in [0.5, 0.6) is 5.75 Å². The van der Waals surface area contributed by atoms with Crippen molar-refractivity contribution in [2.75, 3.05) is 27.4 Å². The number of ether oxygens (including phenoxy) is 3. The van der Waals surface area contributed by atoms with Crippen LogP contribution < -0.4 is 10.2 Å². The minimum atomic E-state index is -0.635. The standard InChI is InChI=1S/C23H26N2O5/c1-6-30-22(27)17-12-25-18(10-19(17)26)16-9-20(29-5)15(11-24)7-14(16)8-21(25)23(2,3)13-28-4/h7,9-10,12,21H,6,8,13H2,1-5H3. The van der Waals surface area contributed by atoms with Gasteiger partial charge in [0.2, 0.25) is 0 Å². The molecule has 1 aromatic carbocycles. The fourth-order valence-electron chi connectivity index (χ4n) is 4.10. The molecule has 0 fully saturated rings. The van der Waals surface area contributed by atoms with Gasteiger partial charge in [0.05, 0.1) is 31.6 Å². The number of aromatic nitrogens is 1. The molecule has 30 heavy (non-hydrogen) atoms. The zero-order chi connectivity index (χ0) is 22.1. The maximum atomic E-state index is 12.8. The van der Waals surface area contributed by atoms with Crippen molar-refractivity contribution in [2.45, 2.75) is 33.2 Å². The van der Waals surface area contributed by atoms with Crippen LogP contribution in [-0.4, -0.2) is 38.0 Å². The van der Waals surface area contributed by atoms with Crippen LogP contribution in [0.3, 0.4) is 0 Å². The van der Waals surface area contributed by atoms with Crippen molar-refractivity contribution >= 4 is 5.97 Å². The molecule has 1 atom stereocenters. The Labute approximate surface area is 175 Å². The lowest BCUT2D eigenvalue weighted by Gasteiger charge is -2.40. The van der Waals surface area contributed by atoms with Crippen molar-refractivity contribution in [2.24, 2.45) is 5.41 Å². The van der Waals surface area contributed by atoms with Crippen molar-refractivity contribution in [3.05, 3.63) is 51.3 Å². The maximum Gasteiger partial charge on any atom is 0.343 e. The largest absolute Gasteiger partial charge is 0.495 e. The molecule has 2 heterocycles.